The van der Waals surface area contributed by atoms with Crippen LogP contribution in [0.15, 0.2) is 94.7 Å². The van der Waals surface area contributed by atoms with Gasteiger partial charge in [-0.1, -0.05) is 54.6 Å². The first-order valence-corrected chi connectivity index (χ1v) is 12.3. The maximum Gasteiger partial charge on any atom is 0.306 e. The lowest BCUT2D eigenvalue weighted by atomic mass is 10.1. The van der Waals surface area contributed by atoms with Gasteiger partial charge in [0.25, 0.3) is 0 Å². The van der Waals surface area contributed by atoms with E-state index >= 15 is 0 Å². The molecule has 0 saturated heterocycles. The van der Waals surface area contributed by atoms with Crippen LogP contribution in [-0.4, -0.2) is 23.8 Å². The average molecular weight is 453 g/mol. The van der Waals surface area contributed by atoms with E-state index in [1.165, 1.54) is 9.79 Å². The van der Waals surface area contributed by atoms with E-state index in [0.717, 1.165) is 17.7 Å². The summed E-state index contributed by atoms with van der Waals surface area (Å²) in [5.74, 6) is 0.677. The van der Waals surface area contributed by atoms with Gasteiger partial charge in [0, 0.05) is 22.6 Å². The van der Waals surface area contributed by atoms with Gasteiger partial charge in [0.1, 0.15) is 5.75 Å². The quantitative estimate of drug-likeness (QED) is 0.170. The zero-order valence-corrected chi connectivity index (χ0v) is 19.4. The van der Waals surface area contributed by atoms with Crippen LogP contribution in [0, 0.1) is 0 Å². The number of benzene rings is 3. The lowest BCUT2D eigenvalue weighted by molar-refractivity contribution is -0.143. The van der Waals surface area contributed by atoms with Crippen LogP contribution in [0.25, 0.3) is 0 Å². The number of aryl methyl sites for hydroxylation is 1. The first-order valence-electron chi connectivity index (χ1n) is 10.5. The third kappa shape index (κ3) is 8.35. The first kappa shape index (κ1) is 23.3. The molecule has 31 heavy (non-hydrogen) atoms. The Morgan fingerprint density at radius 2 is 1.42 bits per heavy atom. The molecule has 0 aliphatic heterocycles. The third-order valence-electron chi connectivity index (χ3n) is 4.51. The average Bonchev–Trinajstić information content (AvgIpc) is 2.80. The number of para-hydroxylation sites is 1. The Morgan fingerprint density at radius 1 is 0.839 bits per heavy atom. The molecule has 0 heterocycles. The maximum atomic E-state index is 11.7. The van der Waals surface area contributed by atoms with Gasteiger partial charge in [-0.05, 0) is 49.2 Å². The number of esters is 1. The lowest BCUT2D eigenvalue weighted by Gasteiger charge is -2.18. The van der Waals surface area contributed by atoms with Crippen molar-refractivity contribution in [2.45, 2.75) is 40.6 Å². The molecule has 0 N–H and O–H groups in total. The van der Waals surface area contributed by atoms with Crippen molar-refractivity contribution in [3.8, 4) is 5.75 Å². The van der Waals surface area contributed by atoms with Crippen molar-refractivity contribution in [3.63, 3.8) is 0 Å². The largest absolute Gasteiger partial charge is 0.493 e. The highest BCUT2D eigenvalue weighted by atomic mass is 32.2. The second-order valence-electron chi connectivity index (χ2n) is 6.84. The van der Waals surface area contributed by atoms with Crippen LogP contribution in [-0.2, 0) is 16.0 Å². The van der Waals surface area contributed by atoms with Crippen LogP contribution < -0.4 is 4.74 Å². The molecule has 0 saturated carbocycles. The summed E-state index contributed by atoms with van der Waals surface area (Å²) in [6.45, 7) is 2.85. The molecule has 3 aromatic carbocycles. The minimum atomic E-state index is -0.170. The topological polar surface area (TPSA) is 35.5 Å². The Balaban J connectivity index is 1.59. The van der Waals surface area contributed by atoms with Crippen molar-refractivity contribution in [1.82, 2.24) is 0 Å². The molecular formula is C26H28O3S2. The van der Waals surface area contributed by atoms with Gasteiger partial charge >= 0.3 is 5.97 Å². The lowest BCUT2D eigenvalue weighted by Crippen LogP contribution is -2.09. The van der Waals surface area contributed by atoms with E-state index in [-0.39, 0.29) is 5.97 Å². The smallest absolute Gasteiger partial charge is 0.306 e. The van der Waals surface area contributed by atoms with Crippen molar-refractivity contribution < 1.29 is 14.3 Å². The van der Waals surface area contributed by atoms with Gasteiger partial charge < -0.3 is 9.47 Å². The Kier molecular flexibility index (Phi) is 9.87. The number of carbonyl (C=O) groups is 1. The molecule has 5 heteroatoms. The number of hydrogen-bond acceptors (Lipinski definition) is 5. The summed E-state index contributed by atoms with van der Waals surface area (Å²) in [7, 11) is 0. The zero-order chi connectivity index (χ0) is 21.7. The standard InChI is InChI=1S/C26H28O3S2/c1-2-28-25(27)18-17-21-11-9-10-16-24(21)29-20-19-26(30-22-12-5-3-6-13-22)31-23-14-7-4-8-15-23/h3-16,26H,2,17-20H2,1H3. The Bertz CT molecular complexity index is 875. The van der Waals surface area contributed by atoms with Crippen molar-refractivity contribution in [2.75, 3.05) is 13.2 Å². The van der Waals surface area contributed by atoms with E-state index in [2.05, 4.69) is 48.5 Å². The maximum absolute atomic E-state index is 11.7. The van der Waals surface area contributed by atoms with E-state index in [1.54, 1.807) is 0 Å². The fourth-order valence-electron chi connectivity index (χ4n) is 3.03. The van der Waals surface area contributed by atoms with Crippen LogP contribution in [0.2, 0.25) is 0 Å². The summed E-state index contributed by atoms with van der Waals surface area (Å²) in [6.07, 6.45) is 1.88. The minimum absolute atomic E-state index is 0.170. The van der Waals surface area contributed by atoms with Crippen LogP contribution >= 0.6 is 23.5 Å². The molecule has 0 aliphatic carbocycles. The van der Waals surface area contributed by atoms with Crippen LogP contribution in [0.5, 0.6) is 5.75 Å². The molecule has 3 aromatic rings. The highest BCUT2D eigenvalue weighted by molar-refractivity contribution is 8.17. The van der Waals surface area contributed by atoms with Gasteiger partial charge in [-0.3, -0.25) is 4.79 Å². The first-order chi connectivity index (χ1) is 15.2. The summed E-state index contributed by atoms with van der Waals surface area (Å²) < 4.78 is 11.5. The molecule has 0 fully saturated rings. The van der Waals surface area contributed by atoms with Gasteiger partial charge in [-0.2, -0.15) is 0 Å². The van der Waals surface area contributed by atoms with Crippen molar-refractivity contribution in [1.29, 1.82) is 0 Å². The number of hydrogen-bond donors (Lipinski definition) is 0. The number of rotatable bonds is 12. The van der Waals surface area contributed by atoms with Crippen LogP contribution in [0.1, 0.15) is 25.3 Å². The molecule has 0 radical (unpaired) electrons. The Hall–Kier alpha value is -2.37. The Morgan fingerprint density at radius 3 is 2.03 bits per heavy atom. The van der Waals surface area contributed by atoms with E-state index in [0.29, 0.717) is 30.6 Å². The zero-order valence-electron chi connectivity index (χ0n) is 17.7. The fraction of sp³-hybridized carbons (Fsp3) is 0.269. The van der Waals surface area contributed by atoms with Crippen molar-refractivity contribution in [3.05, 3.63) is 90.5 Å². The van der Waals surface area contributed by atoms with Gasteiger partial charge in [0.05, 0.1) is 17.8 Å². The second kappa shape index (κ2) is 13.1. The van der Waals surface area contributed by atoms with E-state index in [9.17, 15) is 4.79 Å². The normalized spacial score (nSPS) is 10.8. The molecule has 0 aromatic heterocycles. The van der Waals surface area contributed by atoms with Crippen molar-refractivity contribution in [2.24, 2.45) is 0 Å². The van der Waals surface area contributed by atoms with Gasteiger partial charge in [0.2, 0.25) is 0 Å². The highest BCUT2D eigenvalue weighted by Crippen LogP contribution is 2.37. The molecule has 3 nitrogen and oxygen atoms in total. The molecule has 3 rings (SSSR count). The van der Waals surface area contributed by atoms with Gasteiger partial charge in [0.15, 0.2) is 0 Å². The molecule has 162 valence electrons. The predicted molar refractivity (Wildman–Crippen MR) is 130 cm³/mol. The molecule has 0 atom stereocenters. The number of ether oxygens (including phenoxy) is 2. The third-order valence-corrected chi connectivity index (χ3v) is 7.17. The summed E-state index contributed by atoms with van der Waals surface area (Å²) >= 11 is 3.73. The van der Waals surface area contributed by atoms with E-state index < -0.39 is 0 Å². The summed E-state index contributed by atoms with van der Waals surface area (Å²) in [4.78, 5) is 14.2. The molecular weight excluding hydrogens is 424 g/mol. The fourth-order valence-corrected chi connectivity index (χ4v) is 5.55. The highest BCUT2D eigenvalue weighted by Gasteiger charge is 2.14. The number of carbonyl (C=O) groups excluding carboxylic acids is 1. The molecule has 0 bridgehead atoms. The van der Waals surface area contributed by atoms with Crippen LogP contribution in [0.4, 0.5) is 0 Å². The second-order valence-corrected chi connectivity index (χ2v) is 9.69. The van der Waals surface area contributed by atoms with Gasteiger partial charge in [-0.15, -0.1) is 23.5 Å². The van der Waals surface area contributed by atoms with Gasteiger partial charge in [-0.25, -0.2) is 0 Å². The summed E-state index contributed by atoms with van der Waals surface area (Å²) in [5, 5.41) is 0. The summed E-state index contributed by atoms with van der Waals surface area (Å²) in [6, 6.07) is 28.9. The molecule has 0 amide bonds. The molecule has 0 spiro atoms. The van der Waals surface area contributed by atoms with E-state index in [4.69, 9.17) is 9.47 Å². The predicted octanol–water partition coefficient (Wildman–Crippen LogP) is 6.86. The molecule has 0 unspecified atom stereocenters. The number of thioether (sulfide) groups is 2. The van der Waals surface area contributed by atoms with E-state index in [1.807, 2.05) is 66.8 Å². The van der Waals surface area contributed by atoms with Crippen molar-refractivity contribution >= 4 is 29.5 Å². The van der Waals surface area contributed by atoms with Crippen LogP contribution in [0.3, 0.4) is 0 Å². The monoisotopic (exact) mass is 452 g/mol. The Labute approximate surface area is 193 Å². The summed E-state index contributed by atoms with van der Waals surface area (Å²) in [5.41, 5.74) is 1.04. The molecule has 0 aliphatic rings. The minimum Gasteiger partial charge on any atom is -0.493 e. The SMILES string of the molecule is CCOC(=O)CCc1ccccc1OCCC(Sc1ccccc1)Sc1ccccc1.